The number of amides is 1. The number of nitrogens with zero attached hydrogens (tertiary/aromatic N) is 5. The standard InChI is InChI=1S/C16H23N7O/c1-22-15-4-2-3-13(12(15)9-18-22)19-16(24)14-10-23(21-20-14)11-5-7-17-8-6-11/h9-11,13,17H,2-8H2,1H3,(H,19,24). The molecule has 2 aromatic heterocycles. The third-order valence-corrected chi connectivity index (χ3v) is 5.11. The maximum absolute atomic E-state index is 12.6. The molecule has 8 nitrogen and oxygen atoms in total. The van der Waals surface area contributed by atoms with E-state index in [-0.39, 0.29) is 11.9 Å². The van der Waals surface area contributed by atoms with Crippen molar-refractivity contribution in [2.75, 3.05) is 13.1 Å². The fourth-order valence-electron chi connectivity index (χ4n) is 3.72. The molecule has 1 amide bonds. The summed E-state index contributed by atoms with van der Waals surface area (Å²) < 4.78 is 3.74. The van der Waals surface area contributed by atoms with Gasteiger partial charge in [-0.05, 0) is 45.2 Å². The molecule has 0 saturated carbocycles. The van der Waals surface area contributed by atoms with Crippen molar-refractivity contribution in [3.05, 3.63) is 29.3 Å². The quantitative estimate of drug-likeness (QED) is 0.867. The van der Waals surface area contributed by atoms with Crippen molar-refractivity contribution in [1.29, 1.82) is 0 Å². The van der Waals surface area contributed by atoms with E-state index < -0.39 is 0 Å². The Labute approximate surface area is 140 Å². The van der Waals surface area contributed by atoms with E-state index in [1.807, 2.05) is 22.6 Å². The van der Waals surface area contributed by atoms with Crippen molar-refractivity contribution < 1.29 is 4.79 Å². The molecule has 24 heavy (non-hydrogen) atoms. The Morgan fingerprint density at radius 3 is 3.00 bits per heavy atom. The van der Waals surface area contributed by atoms with Gasteiger partial charge in [0.25, 0.3) is 5.91 Å². The summed E-state index contributed by atoms with van der Waals surface area (Å²) in [5.41, 5.74) is 2.73. The van der Waals surface area contributed by atoms with Gasteiger partial charge in [0.05, 0.1) is 24.5 Å². The molecule has 0 radical (unpaired) electrons. The van der Waals surface area contributed by atoms with E-state index >= 15 is 0 Å². The molecule has 2 N–H and O–H groups in total. The van der Waals surface area contributed by atoms with Crippen molar-refractivity contribution in [3.8, 4) is 0 Å². The molecule has 1 saturated heterocycles. The molecular weight excluding hydrogens is 306 g/mol. The van der Waals surface area contributed by atoms with Gasteiger partial charge in [0.1, 0.15) is 0 Å². The van der Waals surface area contributed by atoms with Crippen LogP contribution in [0.5, 0.6) is 0 Å². The van der Waals surface area contributed by atoms with E-state index in [9.17, 15) is 4.79 Å². The van der Waals surface area contributed by atoms with E-state index in [0.29, 0.717) is 11.7 Å². The predicted molar refractivity (Wildman–Crippen MR) is 87.5 cm³/mol. The average molecular weight is 329 g/mol. The molecule has 1 aliphatic heterocycles. The highest BCUT2D eigenvalue weighted by molar-refractivity contribution is 5.92. The van der Waals surface area contributed by atoms with E-state index in [4.69, 9.17) is 0 Å². The highest BCUT2D eigenvalue weighted by atomic mass is 16.2. The van der Waals surface area contributed by atoms with Crippen LogP contribution in [0.4, 0.5) is 0 Å². The number of carbonyl (C=O) groups excluding carboxylic acids is 1. The van der Waals surface area contributed by atoms with Crippen LogP contribution in [0.2, 0.25) is 0 Å². The molecule has 8 heteroatoms. The van der Waals surface area contributed by atoms with Crippen LogP contribution >= 0.6 is 0 Å². The highest BCUT2D eigenvalue weighted by Gasteiger charge is 2.26. The summed E-state index contributed by atoms with van der Waals surface area (Å²) in [5.74, 6) is -0.156. The smallest absolute Gasteiger partial charge is 0.273 e. The number of fused-ring (bicyclic) bond motifs is 1. The largest absolute Gasteiger partial charge is 0.344 e. The second kappa shape index (κ2) is 6.35. The molecule has 1 fully saturated rings. The minimum absolute atomic E-state index is 0.0129. The summed E-state index contributed by atoms with van der Waals surface area (Å²) in [6, 6.07) is 0.346. The SMILES string of the molecule is Cn1ncc2c1CCCC2NC(=O)c1cn(C2CCNCC2)nn1. The topological polar surface area (TPSA) is 89.7 Å². The molecule has 0 aromatic carbocycles. The normalized spacial score (nSPS) is 21.5. The van der Waals surface area contributed by atoms with Crippen LogP contribution in [0.15, 0.2) is 12.4 Å². The molecule has 1 atom stereocenters. The van der Waals surface area contributed by atoms with Crippen molar-refractivity contribution in [2.24, 2.45) is 7.05 Å². The summed E-state index contributed by atoms with van der Waals surface area (Å²) in [6.45, 7) is 1.97. The first-order valence-electron chi connectivity index (χ1n) is 8.66. The van der Waals surface area contributed by atoms with Crippen molar-refractivity contribution in [3.63, 3.8) is 0 Å². The van der Waals surface area contributed by atoms with Gasteiger partial charge in [-0.1, -0.05) is 5.21 Å². The number of aromatic nitrogens is 5. The summed E-state index contributed by atoms with van der Waals surface area (Å²) in [6.07, 6.45) is 8.69. The van der Waals surface area contributed by atoms with Gasteiger partial charge in [-0.3, -0.25) is 9.48 Å². The van der Waals surface area contributed by atoms with E-state index in [2.05, 4.69) is 26.0 Å². The van der Waals surface area contributed by atoms with Crippen molar-refractivity contribution in [1.82, 2.24) is 35.4 Å². The molecule has 2 aliphatic rings. The van der Waals surface area contributed by atoms with Gasteiger partial charge in [-0.25, -0.2) is 4.68 Å². The lowest BCUT2D eigenvalue weighted by Crippen LogP contribution is -2.31. The van der Waals surface area contributed by atoms with Crippen LogP contribution in [0.25, 0.3) is 0 Å². The zero-order valence-corrected chi connectivity index (χ0v) is 13.9. The molecule has 3 heterocycles. The summed E-state index contributed by atoms with van der Waals surface area (Å²) in [4.78, 5) is 12.6. The number of hydrogen-bond donors (Lipinski definition) is 2. The molecule has 1 unspecified atom stereocenters. The minimum atomic E-state index is -0.156. The lowest BCUT2D eigenvalue weighted by molar-refractivity contribution is 0.0927. The molecule has 1 aliphatic carbocycles. The Bertz CT molecular complexity index is 729. The van der Waals surface area contributed by atoms with Gasteiger partial charge >= 0.3 is 0 Å². The first kappa shape index (κ1) is 15.3. The Kier molecular flexibility index (Phi) is 4.05. The third kappa shape index (κ3) is 2.82. The van der Waals surface area contributed by atoms with Crippen LogP contribution in [0, 0.1) is 0 Å². The number of piperidine rings is 1. The lowest BCUT2D eigenvalue weighted by Gasteiger charge is -2.23. The van der Waals surface area contributed by atoms with Crippen LogP contribution in [-0.4, -0.2) is 43.8 Å². The molecule has 0 bridgehead atoms. The predicted octanol–water partition coefficient (Wildman–Crippen LogP) is 0.743. The van der Waals surface area contributed by atoms with Crippen LogP contribution in [-0.2, 0) is 13.5 Å². The maximum Gasteiger partial charge on any atom is 0.273 e. The second-order valence-electron chi connectivity index (χ2n) is 6.65. The first-order valence-corrected chi connectivity index (χ1v) is 8.66. The van der Waals surface area contributed by atoms with Gasteiger partial charge < -0.3 is 10.6 Å². The molecule has 128 valence electrons. The Balaban J connectivity index is 1.46. The van der Waals surface area contributed by atoms with Gasteiger partial charge in [0.15, 0.2) is 5.69 Å². The van der Waals surface area contributed by atoms with Gasteiger partial charge in [-0.2, -0.15) is 5.10 Å². The zero-order valence-electron chi connectivity index (χ0n) is 13.9. The molecule has 0 spiro atoms. The monoisotopic (exact) mass is 329 g/mol. The molecule has 4 rings (SSSR count). The lowest BCUT2D eigenvalue weighted by atomic mass is 9.93. The summed E-state index contributed by atoms with van der Waals surface area (Å²) in [5, 5.41) is 19.0. The Morgan fingerprint density at radius 2 is 2.17 bits per heavy atom. The third-order valence-electron chi connectivity index (χ3n) is 5.11. The maximum atomic E-state index is 12.6. The molecular formula is C16H23N7O. The van der Waals surface area contributed by atoms with Crippen molar-refractivity contribution >= 4 is 5.91 Å². The van der Waals surface area contributed by atoms with Gasteiger partial charge in [0, 0.05) is 18.3 Å². The highest BCUT2D eigenvalue weighted by Crippen LogP contribution is 2.29. The number of nitrogens with one attached hydrogen (secondary N) is 2. The van der Waals surface area contributed by atoms with Gasteiger partial charge in [0.2, 0.25) is 0 Å². The van der Waals surface area contributed by atoms with Gasteiger partial charge in [-0.15, -0.1) is 5.10 Å². The van der Waals surface area contributed by atoms with Crippen LogP contribution in [0.1, 0.15) is 59.5 Å². The first-order chi connectivity index (χ1) is 11.7. The van der Waals surface area contributed by atoms with E-state index in [1.54, 1.807) is 6.20 Å². The minimum Gasteiger partial charge on any atom is -0.344 e. The zero-order chi connectivity index (χ0) is 16.5. The summed E-state index contributed by atoms with van der Waals surface area (Å²) in [7, 11) is 1.95. The molecule has 2 aromatic rings. The number of aryl methyl sites for hydroxylation is 1. The second-order valence-corrected chi connectivity index (χ2v) is 6.65. The summed E-state index contributed by atoms with van der Waals surface area (Å²) >= 11 is 0. The van der Waals surface area contributed by atoms with Crippen LogP contribution < -0.4 is 10.6 Å². The number of hydrogen-bond acceptors (Lipinski definition) is 5. The van der Waals surface area contributed by atoms with Crippen LogP contribution in [0.3, 0.4) is 0 Å². The van der Waals surface area contributed by atoms with E-state index in [1.165, 1.54) is 5.69 Å². The van der Waals surface area contributed by atoms with E-state index in [0.717, 1.165) is 50.8 Å². The van der Waals surface area contributed by atoms with Crippen molar-refractivity contribution in [2.45, 2.75) is 44.2 Å². The number of rotatable bonds is 3. The Hall–Kier alpha value is -2.22. The average Bonchev–Trinajstić information content (AvgIpc) is 3.24. The fraction of sp³-hybridized carbons (Fsp3) is 0.625. The number of carbonyl (C=O) groups is 1. The fourth-order valence-corrected chi connectivity index (χ4v) is 3.72. The Morgan fingerprint density at radius 1 is 1.33 bits per heavy atom.